The minimum Gasteiger partial charge on any atom is -0.465 e. The van der Waals surface area contributed by atoms with Crippen molar-refractivity contribution in [3.63, 3.8) is 0 Å². The number of rotatable bonds is 8. The number of carbonyl (C=O) groups excluding carboxylic acids is 2. The Kier molecular flexibility index (Phi) is 6.72. The number of halogens is 1. The predicted molar refractivity (Wildman–Crippen MR) is 125 cm³/mol. The van der Waals surface area contributed by atoms with Gasteiger partial charge >= 0.3 is 12.0 Å². The first-order valence-electron chi connectivity index (χ1n) is 10.8. The van der Waals surface area contributed by atoms with Crippen LogP contribution >= 0.6 is 11.6 Å². The highest BCUT2D eigenvalue weighted by atomic mass is 35.5. The highest BCUT2D eigenvalue weighted by molar-refractivity contribution is 6.37. The molecule has 0 saturated heterocycles. The van der Waals surface area contributed by atoms with Crippen LogP contribution in [-0.4, -0.2) is 38.7 Å². The molecule has 2 aliphatic rings. The molecule has 0 aromatic heterocycles. The quantitative estimate of drug-likeness (QED) is 0.526. The zero-order valence-electron chi connectivity index (χ0n) is 18.3. The molecule has 1 aliphatic carbocycles. The van der Waals surface area contributed by atoms with E-state index in [2.05, 4.69) is 33.3 Å². The van der Waals surface area contributed by atoms with Gasteiger partial charge in [0.25, 0.3) is 0 Å². The molecule has 2 amide bonds. The third-order valence-electron chi connectivity index (χ3n) is 5.55. The van der Waals surface area contributed by atoms with Crippen LogP contribution in [0.15, 0.2) is 36.4 Å². The smallest absolute Gasteiger partial charge is 0.325 e. The average Bonchev–Trinajstić information content (AvgIpc) is 3.54. The second kappa shape index (κ2) is 9.67. The number of benzene rings is 2. The SMILES string of the molecule is CCOC(=O)CNC(=O)NCc1ccc(-c2ccc3c(c2Cl)N(C)NN3CC2CC2)cc1. The van der Waals surface area contributed by atoms with Gasteiger partial charge in [0.15, 0.2) is 0 Å². The van der Waals surface area contributed by atoms with Crippen LogP contribution in [0.4, 0.5) is 16.2 Å². The fourth-order valence-corrected chi connectivity index (χ4v) is 4.10. The molecule has 32 heavy (non-hydrogen) atoms. The number of esters is 1. The Bertz CT molecular complexity index is 994. The number of hydrogen-bond acceptors (Lipinski definition) is 6. The topological polar surface area (TPSA) is 85.9 Å². The Morgan fingerprint density at radius 2 is 1.91 bits per heavy atom. The zero-order valence-corrected chi connectivity index (χ0v) is 19.0. The number of amides is 2. The van der Waals surface area contributed by atoms with Crippen molar-refractivity contribution in [2.24, 2.45) is 5.92 Å². The summed E-state index contributed by atoms with van der Waals surface area (Å²) in [6.45, 7) is 3.18. The lowest BCUT2D eigenvalue weighted by Gasteiger charge is -2.19. The lowest BCUT2D eigenvalue weighted by Crippen LogP contribution is -2.43. The molecular formula is C23H28ClN5O3. The number of nitrogens with one attached hydrogen (secondary N) is 3. The number of ether oxygens (including phenoxy) is 1. The monoisotopic (exact) mass is 457 g/mol. The number of nitrogens with zero attached hydrogens (tertiary/aromatic N) is 2. The van der Waals surface area contributed by atoms with E-state index in [1.165, 1.54) is 12.8 Å². The first-order chi connectivity index (χ1) is 15.5. The predicted octanol–water partition coefficient (Wildman–Crippen LogP) is 3.46. The molecule has 1 fully saturated rings. The molecule has 0 atom stereocenters. The summed E-state index contributed by atoms with van der Waals surface area (Å²) in [6, 6.07) is 11.6. The molecule has 3 N–H and O–H groups in total. The van der Waals surface area contributed by atoms with Gasteiger partial charge in [0, 0.05) is 25.7 Å². The standard InChI is InChI=1S/C23H28ClN5O3/c1-3-32-20(30)13-26-23(31)25-12-15-6-8-17(9-7-15)18-10-11-19-22(21(18)24)28(2)27-29(19)14-16-4-5-16/h6-11,16,27H,3-5,12-14H2,1-2H3,(H2,25,26,31). The van der Waals surface area contributed by atoms with Crippen molar-refractivity contribution >= 4 is 35.0 Å². The molecule has 8 nitrogen and oxygen atoms in total. The number of urea groups is 1. The molecule has 1 aliphatic heterocycles. The van der Waals surface area contributed by atoms with E-state index in [0.29, 0.717) is 11.6 Å². The number of carbonyl (C=O) groups is 2. The molecule has 2 aromatic rings. The summed E-state index contributed by atoms with van der Waals surface area (Å²) >= 11 is 6.81. The largest absolute Gasteiger partial charge is 0.465 e. The van der Waals surface area contributed by atoms with Crippen LogP contribution in [0.3, 0.4) is 0 Å². The van der Waals surface area contributed by atoms with Gasteiger partial charge in [0.2, 0.25) is 0 Å². The van der Waals surface area contributed by atoms with Gasteiger partial charge < -0.3 is 15.4 Å². The van der Waals surface area contributed by atoms with Crippen molar-refractivity contribution in [1.82, 2.24) is 16.2 Å². The van der Waals surface area contributed by atoms with E-state index >= 15 is 0 Å². The molecule has 4 rings (SSSR count). The Labute approximate surface area is 192 Å². The molecule has 0 bridgehead atoms. The molecular weight excluding hydrogens is 430 g/mol. The van der Waals surface area contributed by atoms with Crippen LogP contribution < -0.4 is 26.2 Å². The fourth-order valence-electron chi connectivity index (χ4n) is 3.71. The Balaban J connectivity index is 1.38. The summed E-state index contributed by atoms with van der Waals surface area (Å²) in [4.78, 5) is 23.1. The van der Waals surface area contributed by atoms with E-state index < -0.39 is 12.0 Å². The number of anilines is 2. The Morgan fingerprint density at radius 1 is 1.16 bits per heavy atom. The minimum atomic E-state index is -0.463. The van der Waals surface area contributed by atoms with Gasteiger partial charge in [-0.2, -0.15) is 0 Å². The highest BCUT2D eigenvalue weighted by Gasteiger charge is 2.32. The van der Waals surface area contributed by atoms with Crippen LogP contribution in [0.2, 0.25) is 5.02 Å². The van der Waals surface area contributed by atoms with Crippen molar-refractivity contribution in [3.05, 3.63) is 47.0 Å². The maximum Gasteiger partial charge on any atom is 0.325 e. The molecule has 0 unspecified atom stereocenters. The normalized spacial score (nSPS) is 14.8. The van der Waals surface area contributed by atoms with Crippen molar-refractivity contribution in [2.75, 3.05) is 36.8 Å². The summed E-state index contributed by atoms with van der Waals surface area (Å²) in [5.41, 5.74) is 8.35. The number of hydrogen-bond donors (Lipinski definition) is 3. The summed E-state index contributed by atoms with van der Waals surface area (Å²) in [7, 11) is 1.98. The van der Waals surface area contributed by atoms with Crippen molar-refractivity contribution in [1.29, 1.82) is 0 Å². The third-order valence-corrected chi connectivity index (χ3v) is 5.93. The van der Waals surface area contributed by atoms with E-state index in [-0.39, 0.29) is 13.2 Å². The minimum absolute atomic E-state index is 0.156. The molecule has 1 heterocycles. The Morgan fingerprint density at radius 3 is 2.59 bits per heavy atom. The van der Waals surface area contributed by atoms with E-state index in [1.54, 1.807) is 6.92 Å². The molecule has 9 heteroatoms. The van der Waals surface area contributed by atoms with Gasteiger partial charge in [-0.15, -0.1) is 5.53 Å². The van der Waals surface area contributed by atoms with Gasteiger partial charge in [-0.3, -0.25) is 14.8 Å². The first-order valence-corrected chi connectivity index (χ1v) is 11.2. The van der Waals surface area contributed by atoms with Gasteiger partial charge in [-0.05, 0) is 42.9 Å². The van der Waals surface area contributed by atoms with Crippen LogP contribution in [0, 0.1) is 5.92 Å². The van der Waals surface area contributed by atoms with E-state index in [9.17, 15) is 9.59 Å². The van der Waals surface area contributed by atoms with Gasteiger partial charge in [-0.1, -0.05) is 41.9 Å². The second-order valence-corrected chi connectivity index (χ2v) is 8.42. The summed E-state index contributed by atoms with van der Waals surface area (Å²) in [5.74, 6) is 0.295. The van der Waals surface area contributed by atoms with E-state index in [4.69, 9.17) is 16.3 Å². The summed E-state index contributed by atoms with van der Waals surface area (Å²) < 4.78 is 4.78. The fraction of sp³-hybridized carbons (Fsp3) is 0.391. The van der Waals surface area contributed by atoms with Gasteiger partial charge in [0.1, 0.15) is 6.54 Å². The Hall–Kier alpha value is -2.97. The van der Waals surface area contributed by atoms with Gasteiger partial charge in [-0.25, -0.2) is 4.79 Å². The van der Waals surface area contributed by atoms with Gasteiger partial charge in [0.05, 0.1) is 23.0 Å². The number of hydrazine groups is 2. The van der Waals surface area contributed by atoms with Crippen LogP contribution in [0.1, 0.15) is 25.3 Å². The highest BCUT2D eigenvalue weighted by Crippen LogP contribution is 2.45. The van der Waals surface area contributed by atoms with Crippen molar-refractivity contribution < 1.29 is 14.3 Å². The van der Waals surface area contributed by atoms with Crippen LogP contribution in [0.5, 0.6) is 0 Å². The molecule has 0 radical (unpaired) electrons. The second-order valence-electron chi connectivity index (χ2n) is 8.05. The molecule has 2 aromatic carbocycles. The van der Waals surface area contributed by atoms with E-state index in [1.807, 2.05) is 36.3 Å². The third kappa shape index (κ3) is 5.08. The molecule has 0 spiro atoms. The summed E-state index contributed by atoms with van der Waals surface area (Å²) in [6.07, 6.45) is 2.58. The molecule has 170 valence electrons. The van der Waals surface area contributed by atoms with Crippen LogP contribution in [0.25, 0.3) is 11.1 Å². The van der Waals surface area contributed by atoms with Crippen LogP contribution in [-0.2, 0) is 16.1 Å². The number of fused-ring (bicyclic) bond motifs is 1. The summed E-state index contributed by atoms with van der Waals surface area (Å²) in [5, 5.41) is 10.0. The average molecular weight is 458 g/mol. The zero-order chi connectivity index (χ0) is 22.7. The lowest BCUT2D eigenvalue weighted by molar-refractivity contribution is -0.141. The van der Waals surface area contributed by atoms with Crippen molar-refractivity contribution in [3.8, 4) is 11.1 Å². The van der Waals surface area contributed by atoms with Crippen molar-refractivity contribution in [2.45, 2.75) is 26.3 Å². The first kappa shape index (κ1) is 22.2. The molecule has 1 saturated carbocycles. The maximum atomic E-state index is 11.8. The lowest BCUT2D eigenvalue weighted by atomic mass is 10.0. The van der Waals surface area contributed by atoms with E-state index in [0.717, 1.165) is 40.5 Å². The maximum absolute atomic E-state index is 11.8.